The topological polar surface area (TPSA) is 15.3 Å². The van der Waals surface area contributed by atoms with Crippen LogP contribution >= 0.6 is 0 Å². The number of rotatable bonds is 5. The lowest BCUT2D eigenvalue weighted by molar-refractivity contribution is 0.311. The molecule has 2 rings (SSSR count). The van der Waals surface area contributed by atoms with Crippen molar-refractivity contribution in [1.29, 1.82) is 0 Å². The maximum absolute atomic E-state index is 14.3. The molecule has 0 aliphatic carbocycles. The third-order valence-electron chi connectivity index (χ3n) is 4.80. The molecule has 1 aliphatic heterocycles. The molecule has 2 nitrogen and oxygen atoms in total. The zero-order valence-electron chi connectivity index (χ0n) is 13.8. The number of piperidine rings is 1. The van der Waals surface area contributed by atoms with Gasteiger partial charge in [0.1, 0.15) is 5.82 Å². The maximum atomic E-state index is 14.3. The molecule has 21 heavy (non-hydrogen) atoms. The van der Waals surface area contributed by atoms with Gasteiger partial charge in [-0.3, -0.25) is 0 Å². The largest absolute Gasteiger partial charge is 0.371 e. The third-order valence-corrected chi connectivity index (χ3v) is 4.80. The van der Waals surface area contributed by atoms with Gasteiger partial charge in [0.05, 0.1) is 0 Å². The summed E-state index contributed by atoms with van der Waals surface area (Å²) in [6, 6.07) is 5.53. The molecule has 1 fully saturated rings. The van der Waals surface area contributed by atoms with Gasteiger partial charge in [0.2, 0.25) is 0 Å². The summed E-state index contributed by atoms with van der Waals surface area (Å²) >= 11 is 0. The van der Waals surface area contributed by atoms with E-state index in [2.05, 4.69) is 37.1 Å². The van der Waals surface area contributed by atoms with Crippen molar-refractivity contribution in [2.24, 2.45) is 11.8 Å². The van der Waals surface area contributed by atoms with E-state index < -0.39 is 0 Å². The van der Waals surface area contributed by atoms with E-state index in [1.165, 1.54) is 12.8 Å². The molecule has 1 saturated heterocycles. The minimum Gasteiger partial charge on any atom is -0.371 e. The van der Waals surface area contributed by atoms with Crippen molar-refractivity contribution in [2.75, 3.05) is 24.5 Å². The second kappa shape index (κ2) is 7.26. The van der Waals surface area contributed by atoms with Gasteiger partial charge in [0.15, 0.2) is 0 Å². The van der Waals surface area contributed by atoms with E-state index in [1.54, 1.807) is 6.07 Å². The van der Waals surface area contributed by atoms with Gasteiger partial charge in [-0.2, -0.15) is 0 Å². The first-order chi connectivity index (χ1) is 10.0. The average Bonchev–Trinajstić information content (AvgIpc) is 2.47. The third kappa shape index (κ3) is 3.76. The molecule has 0 bridgehead atoms. The van der Waals surface area contributed by atoms with Gasteiger partial charge in [0.25, 0.3) is 0 Å². The molecule has 0 amide bonds. The van der Waals surface area contributed by atoms with E-state index in [4.69, 9.17) is 0 Å². The fourth-order valence-electron chi connectivity index (χ4n) is 3.45. The van der Waals surface area contributed by atoms with Gasteiger partial charge < -0.3 is 10.2 Å². The lowest BCUT2D eigenvalue weighted by Crippen LogP contribution is -2.36. The summed E-state index contributed by atoms with van der Waals surface area (Å²) < 4.78 is 14.3. The molecule has 1 atom stereocenters. The van der Waals surface area contributed by atoms with Crippen molar-refractivity contribution in [3.05, 3.63) is 29.6 Å². The van der Waals surface area contributed by atoms with Crippen LogP contribution in [0.3, 0.4) is 0 Å². The second-order valence-corrected chi connectivity index (χ2v) is 6.52. The molecular formula is C18H29FN2. The van der Waals surface area contributed by atoms with Crippen molar-refractivity contribution in [2.45, 2.75) is 46.6 Å². The quantitative estimate of drug-likeness (QED) is 0.867. The molecule has 1 N–H and O–H groups in total. The minimum absolute atomic E-state index is 0.0500. The SMILES string of the molecule is CCNC(C)c1c(F)cccc1N1CCC(C(C)C)CC1. The van der Waals surface area contributed by atoms with Crippen LogP contribution in [-0.2, 0) is 0 Å². The highest BCUT2D eigenvalue weighted by Crippen LogP contribution is 2.33. The Morgan fingerprint density at radius 2 is 1.90 bits per heavy atom. The van der Waals surface area contributed by atoms with Gasteiger partial charge in [0, 0.05) is 30.4 Å². The number of halogens is 1. The molecule has 1 heterocycles. The predicted molar refractivity (Wildman–Crippen MR) is 88.3 cm³/mol. The van der Waals surface area contributed by atoms with Crippen LogP contribution in [0.4, 0.5) is 10.1 Å². The Hall–Kier alpha value is -1.09. The first kappa shape index (κ1) is 16.3. The number of benzene rings is 1. The number of anilines is 1. The van der Waals surface area contributed by atoms with Crippen LogP contribution in [0.15, 0.2) is 18.2 Å². The summed E-state index contributed by atoms with van der Waals surface area (Å²) in [6.45, 7) is 11.7. The van der Waals surface area contributed by atoms with Crippen LogP contribution in [-0.4, -0.2) is 19.6 Å². The Morgan fingerprint density at radius 3 is 2.48 bits per heavy atom. The van der Waals surface area contributed by atoms with Crippen molar-refractivity contribution >= 4 is 5.69 Å². The average molecular weight is 292 g/mol. The van der Waals surface area contributed by atoms with E-state index in [9.17, 15) is 4.39 Å². The van der Waals surface area contributed by atoms with Crippen LogP contribution < -0.4 is 10.2 Å². The summed E-state index contributed by atoms with van der Waals surface area (Å²) in [4.78, 5) is 2.37. The lowest BCUT2D eigenvalue weighted by atomic mass is 9.86. The Balaban J connectivity index is 2.18. The monoisotopic (exact) mass is 292 g/mol. The molecule has 118 valence electrons. The van der Waals surface area contributed by atoms with Crippen LogP contribution in [0.25, 0.3) is 0 Å². The van der Waals surface area contributed by atoms with Crippen LogP contribution in [0.1, 0.15) is 52.1 Å². The molecule has 1 aromatic carbocycles. The Labute approximate surface area is 128 Å². The standard InChI is InChI=1S/C18H29FN2/c1-5-20-14(4)18-16(19)7-6-8-17(18)21-11-9-15(10-12-21)13(2)3/h6-8,13-15,20H,5,9-12H2,1-4H3. The fourth-order valence-corrected chi connectivity index (χ4v) is 3.45. The highest BCUT2D eigenvalue weighted by Gasteiger charge is 2.25. The van der Waals surface area contributed by atoms with E-state index in [1.807, 2.05) is 13.0 Å². The molecule has 0 spiro atoms. The molecule has 0 radical (unpaired) electrons. The highest BCUT2D eigenvalue weighted by atomic mass is 19.1. The Kier molecular flexibility index (Phi) is 5.63. The van der Waals surface area contributed by atoms with Crippen molar-refractivity contribution in [1.82, 2.24) is 5.32 Å². The molecule has 0 aromatic heterocycles. The van der Waals surface area contributed by atoms with Crippen LogP contribution in [0, 0.1) is 17.7 Å². The Morgan fingerprint density at radius 1 is 1.24 bits per heavy atom. The number of hydrogen-bond donors (Lipinski definition) is 1. The van der Waals surface area contributed by atoms with Crippen LogP contribution in [0.5, 0.6) is 0 Å². The zero-order valence-corrected chi connectivity index (χ0v) is 13.8. The predicted octanol–water partition coefficient (Wildman–Crippen LogP) is 4.37. The smallest absolute Gasteiger partial charge is 0.130 e. The van der Waals surface area contributed by atoms with E-state index in [0.29, 0.717) is 0 Å². The molecule has 3 heteroatoms. The Bertz CT molecular complexity index is 451. The molecule has 1 aliphatic rings. The van der Waals surface area contributed by atoms with Crippen LogP contribution in [0.2, 0.25) is 0 Å². The summed E-state index contributed by atoms with van der Waals surface area (Å²) in [5, 5.41) is 3.34. The summed E-state index contributed by atoms with van der Waals surface area (Å²) in [5.74, 6) is 1.47. The first-order valence-corrected chi connectivity index (χ1v) is 8.31. The van der Waals surface area contributed by atoms with Gasteiger partial charge in [-0.05, 0) is 50.3 Å². The zero-order chi connectivity index (χ0) is 15.4. The van der Waals surface area contributed by atoms with Crippen molar-refractivity contribution in [3.63, 3.8) is 0 Å². The fraction of sp³-hybridized carbons (Fsp3) is 0.667. The lowest BCUT2D eigenvalue weighted by Gasteiger charge is -2.37. The van der Waals surface area contributed by atoms with E-state index in [0.717, 1.165) is 42.7 Å². The summed E-state index contributed by atoms with van der Waals surface area (Å²) in [5.41, 5.74) is 1.90. The van der Waals surface area contributed by atoms with Crippen molar-refractivity contribution < 1.29 is 4.39 Å². The number of nitrogens with zero attached hydrogens (tertiary/aromatic N) is 1. The van der Waals surface area contributed by atoms with Gasteiger partial charge in [-0.25, -0.2) is 4.39 Å². The van der Waals surface area contributed by atoms with Gasteiger partial charge in [-0.15, -0.1) is 0 Å². The summed E-state index contributed by atoms with van der Waals surface area (Å²) in [7, 11) is 0. The normalized spacial score (nSPS) is 18.3. The number of hydrogen-bond acceptors (Lipinski definition) is 2. The molecule has 1 aromatic rings. The highest BCUT2D eigenvalue weighted by molar-refractivity contribution is 5.56. The number of nitrogens with one attached hydrogen (secondary N) is 1. The van der Waals surface area contributed by atoms with E-state index >= 15 is 0 Å². The minimum atomic E-state index is -0.0908. The van der Waals surface area contributed by atoms with Gasteiger partial charge >= 0.3 is 0 Å². The maximum Gasteiger partial charge on any atom is 0.130 e. The summed E-state index contributed by atoms with van der Waals surface area (Å²) in [6.07, 6.45) is 2.42. The van der Waals surface area contributed by atoms with Gasteiger partial charge in [-0.1, -0.05) is 26.8 Å². The van der Waals surface area contributed by atoms with E-state index in [-0.39, 0.29) is 11.9 Å². The van der Waals surface area contributed by atoms with Crippen molar-refractivity contribution in [3.8, 4) is 0 Å². The second-order valence-electron chi connectivity index (χ2n) is 6.52. The molecule has 0 saturated carbocycles. The first-order valence-electron chi connectivity index (χ1n) is 8.31. The molecular weight excluding hydrogens is 263 g/mol. The molecule has 1 unspecified atom stereocenters.